The Morgan fingerprint density at radius 2 is 2.00 bits per heavy atom. The predicted molar refractivity (Wildman–Crippen MR) is 75.6 cm³/mol. The highest BCUT2D eigenvalue weighted by molar-refractivity contribution is 9.10. The quantitative estimate of drug-likeness (QED) is 0.931. The van der Waals surface area contributed by atoms with Crippen LogP contribution in [0, 0.1) is 0 Å². The van der Waals surface area contributed by atoms with Crippen LogP contribution in [-0.2, 0) is 0 Å². The van der Waals surface area contributed by atoms with Crippen LogP contribution < -0.4 is 9.47 Å². The molecule has 0 radical (unpaired) electrons. The summed E-state index contributed by atoms with van der Waals surface area (Å²) in [6, 6.07) is 7.30. The fraction of sp³-hybridized carbons (Fsp3) is 0.231. The van der Waals surface area contributed by atoms with Gasteiger partial charge in [-0.1, -0.05) is 0 Å². The molecule has 0 bridgehead atoms. The lowest BCUT2D eigenvalue weighted by Gasteiger charge is -2.15. The topological polar surface area (TPSA) is 38.7 Å². The third kappa shape index (κ3) is 2.53. The molecule has 0 spiro atoms. The number of aliphatic hydroxyl groups is 1. The fourth-order valence-corrected chi connectivity index (χ4v) is 3.28. The van der Waals surface area contributed by atoms with Gasteiger partial charge in [0.25, 0.3) is 0 Å². The van der Waals surface area contributed by atoms with Crippen LogP contribution >= 0.6 is 27.3 Å². The van der Waals surface area contributed by atoms with Crippen LogP contribution in [0.2, 0.25) is 0 Å². The summed E-state index contributed by atoms with van der Waals surface area (Å²) in [4.78, 5) is 0.860. The number of hydrogen-bond acceptors (Lipinski definition) is 4. The number of hydrogen-bond donors (Lipinski definition) is 1. The molecule has 3 nitrogen and oxygen atoms in total. The first-order chi connectivity index (χ1) is 8.67. The Kier molecular flexibility index (Phi) is 4.27. The van der Waals surface area contributed by atoms with Crippen LogP contribution in [0.15, 0.2) is 34.1 Å². The number of ether oxygens (including phenoxy) is 2. The lowest BCUT2D eigenvalue weighted by atomic mass is 10.1. The molecule has 2 aromatic rings. The molecule has 5 heteroatoms. The second-order valence-corrected chi connectivity index (χ2v) is 5.45. The smallest absolute Gasteiger partial charge is 0.128 e. The van der Waals surface area contributed by atoms with Crippen LogP contribution in [0.25, 0.3) is 0 Å². The molecule has 18 heavy (non-hydrogen) atoms. The van der Waals surface area contributed by atoms with E-state index in [2.05, 4.69) is 15.9 Å². The van der Waals surface area contributed by atoms with Crippen molar-refractivity contribution in [2.75, 3.05) is 14.2 Å². The van der Waals surface area contributed by atoms with Crippen LogP contribution in [0.1, 0.15) is 16.5 Å². The summed E-state index contributed by atoms with van der Waals surface area (Å²) in [6.07, 6.45) is -0.708. The van der Waals surface area contributed by atoms with Gasteiger partial charge in [0.15, 0.2) is 0 Å². The van der Waals surface area contributed by atoms with Crippen molar-refractivity contribution in [3.63, 3.8) is 0 Å². The van der Waals surface area contributed by atoms with Gasteiger partial charge in [-0.25, -0.2) is 0 Å². The van der Waals surface area contributed by atoms with Crippen molar-refractivity contribution in [3.05, 3.63) is 44.6 Å². The summed E-state index contributed by atoms with van der Waals surface area (Å²) in [5.41, 5.74) is 0.724. The molecule has 0 amide bonds. The zero-order valence-corrected chi connectivity index (χ0v) is 12.4. The van der Waals surface area contributed by atoms with Crippen molar-refractivity contribution in [3.8, 4) is 11.5 Å². The molecule has 0 aliphatic rings. The minimum atomic E-state index is -0.708. The van der Waals surface area contributed by atoms with E-state index in [0.717, 1.165) is 14.9 Å². The van der Waals surface area contributed by atoms with Gasteiger partial charge in [0, 0.05) is 16.1 Å². The first-order valence-corrected chi connectivity index (χ1v) is 6.97. The average Bonchev–Trinajstić information content (AvgIpc) is 2.83. The third-order valence-corrected chi connectivity index (χ3v) is 4.55. The van der Waals surface area contributed by atoms with Gasteiger partial charge in [0.1, 0.15) is 17.6 Å². The average molecular weight is 329 g/mol. The number of methoxy groups -OCH3 is 2. The lowest BCUT2D eigenvalue weighted by molar-refractivity contribution is 0.217. The van der Waals surface area contributed by atoms with E-state index in [4.69, 9.17) is 9.47 Å². The lowest BCUT2D eigenvalue weighted by Crippen LogP contribution is -2.01. The maximum atomic E-state index is 10.4. The van der Waals surface area contributed by atoms with Crippen molar-refractivity contribution in [1.29, 1.82) is 0 Å². The third-order valence-electron chi connectivity index (χ3n) is 2.63. The van der Waals surface area contributed by atoms with Crippen molar-refractivity contribution >= 4 is 27.3 Å². The first-order valence-electron chi connectivity index (χ1n) is 5.30. The zero-order chi connectivity index (χ0) is 13.1. The zero-order valence-electron chi connectivity index (χ0n) is 10.0. The summed E-state index contributed by atoms with van der Waals surface area (Å²) >= 11 is 4.92. The molecule has 1 aromatic heterocycles. The van der Waals surface area contributed by atoms with Crippen molar-refractivity contribution in [2.24, 2.45) is 0 Å². The molecule has 0 aliphatic carbocycles. The van der Waals surface area contributed by atoms with Crippen LogP contribution in [0.4, 0.5) is 0 Å². The molecule has 1 unspecified atom stereocenters. The molecule has 0 saturated carbocycles. The minimum absolute atomic E-state index is 0.613. The molecule has 1 N–H and O–H groups in total. The number of halogens is 1. The van der Waals surface area contributed by atoms with E-state index in [0.29, 0.717) is 11.5 Å². The molecule has 2 rings (SSSR count). The van der Waals surface area contributed by atoms with E-state index < -0.39 is 6.10 Å². The van der Waals surface area contributed by atoms with E-state index >= 15 is 0 Å². The standard InChI is InChI=1S/C13H13BrO3S/c1-16-8-3-4-9(11(7-8)17-2)12(15)13-10(14)5-6-18-13/h3-7,12,15H,1-2H3. The number of thiophene rings is 1. The van der Waals surface area contributed by atoms with E-state index in [-0.39, 0.29) is 0 Å². The Labute approximate surface area is 118 Å². The molecule has 1 atom stereocenters. The number of rotatable bonds is 4. The SMILES string of the molecule is COc1ccc(C(O)c2sccc2Br)c(OC)c1. The van der Waals surface area contributed by atoms with Gasteiger partial charge in [0.05, 0.1) is 19.1 Å². The first kappa shape index (κ1) is 13.4. The van der Waals surface area contributed by atoms with Crippen LogP contribution in [0.5, 0.6) is 11.5 Å². The molecule has 0 aliphatic heterocycles. The van der Waals surface area contributed by atoms with E-state index in [1.54, 1.807) is 20.3 Å². The van der Waals surface area contributed by atoms with E-state index in [1.165, 1.54) is 11.3 Å². The van der Waals surface area contributed by atoms with Crippen molar-refractivity contribution in [2.45, 2.75) is 6.10 Å². The van der Waals surface area contributed by atoms with Gasteiger partial charge < -0.3 is 14.6 Å². The summed E-state index contributed by atoms with van der Waals surface area (Å²) in [7, 11) is 3.18. The second-order valence-electron chi connectivity index (χ2n) is 3.64. The number of benzene rings is 1. The molecule has 96 valence electrons. The molecule has 0 fully saturated rings. The highest BCUT2D eigenvalue weighted by Crippen LogP contribution is 2.38. The summed E-state index contributed by atoms with van der Waals surface area (Å²) < 4.78 is 11.3. The molecular formula is C13H13BrO3S. The normalized spacial score (nSPS) is 12.2. The Morgan fingerprint density at radius 3 is 2.56 bits per heavy atom. The van der Waals surface area contributed by atoms with Gasteiger partial charge in [-0.05, 0) is 39.5 Å². The second kappa shape index (κ2) is 5.73. The Bertz CT molecular complexity index is 539. The van der Waals surface area contributed by atoms with Gasteiger partial charge >= 0.3 is 0 Å². The molecule has 0 saturated heterocycles. The minimum Gasteiger partial charge on any atom is -0.497 e. The summed E-state index contributed by atoms with van der Waals surface area (Å²) in [5.74, 6) is 1.31. The van der Waals surface area contributed by atoms with Gasteiger partial charge in [-0.3, -0.25) is 0 Å². The van der Waals surface area contributed by atoms with E-state index in [9.17, 15) is 5.11 Å². The maximum Gasteiger partial charge on any atom is 0.128 e. The van der Waals surface area contributed by atoms with Crippen molar-refractivity contribution < 1.29 is 14.6 Å². The summed E-state index contributed by atoms with van der Waals surface area (Å²) in [6.45, 7) is 0. The highest BCUT2D eigenvalue weighted by atomic mass is 79.9. The number of aliphatic hydroxyl groups excluding tert-OH is 1. The van der Waals surface area contributed by atoms with E-state index in [1.807, 2.05) is 23.6 Å². The summed E-state index contributed by atoms with van der Waals surface area (Å²) in [5, 5.41) is 12.3. The fourth-order valence-electron chi connectivity index (χ4n) is 1.69. The molecule has 1 aromatic carbocycles. The maximum absolute atomic E-state index is 10.4. The highest BCUT2D eigenvalue weighted by Gasteiger charge is 2.19. The Morgan fingerprint density at radius 1 is 1.22 bits per heavy atom. The van der Waals surface area contributed by atoms with Gasteiger partial charge in [0.2, 0.25) is 0 Å². The monoisotopic (exact) mass is 328 g/mol. The van der Waals surface area contributed by atoms with Crippen LogP contribution in [-0.4, -0.2) is 19.3 Å². The molecular weight excluding hydrogens is 316 g/mol. The largest absolute Gasteiger partial charge is 0.497 e. The predicted octanol–water partition coefficient (Wildman–Crippen LogP) is 3.61. The molecule has 1 heterocycles. The Hall–Kier alpha value is -1.04. The van der Waals surface area contributed by atoms with Gasteiger partial charge in [-0.2, -0.15) is 0 Å². The Balaban J connectivity index is 2.41. The van der Waals surface area contributed by atoms with Gasteiger partial charge in [-0.15, -0.1) is 11.3 Å². The van der Waals surface area contributed by atoms with Crippen molar-refractivity contribution in [1.82, 2.24) is 0 Å². The van der Waals surface area contributed by atoms with Crippen LogP contribution in [0.3, 0.4) is 0 Å².